The molecular weight excluding hydrogens is 368 g/mol. The van der Waals surface area contributed by atoms with E-state index in [-0.39, 0.29) is 26.2 Å². The lowest BCUT2D eigenvalue weighted by Gasteiger charge is -2.11. The maximum absolute atomic E-state index is 13.1. The second-order valence-electron chi connectivity index (χ2n) is 4.37. The molecule has 122 valence electrons. The lowest BCUT2D eigenvalue weighted by Crippen LogP contribution is -2.14. The van der Waals surface area contributed by atoms with Gasteiger partial charge in [0.15, 0.2) is 0 Å². The topological polar surface area (TPSA) is 72.5 Å². The molecule has 23 heavy (non-hydrogen) atoms. The number of hydrogen-bond donors (Lipinski definition) is 1. The van der Waals surface area contributed by atoms with E-state index >= 15 is 0 Å². The maximum Gasteiger partial charge on any atom is 0.337 e. The third-order valence-electron chi connectivity index (χ3n) is 2.81. The highest BCUT2D eigenvalue weighted by Crippen LogP contribution is 2.27. The standard InChI is InChI=1S/C14H10Cl2FNO4S/c1-22-14(19)8-2-4-10(15)13(6-8)23(20,21)18-9-3-5-12(17)11(16)7-9/h2-7,18H,1H3. The second kappa shape index (κ2) is 6.74. The van der Waals surface area contributed by atoms with Crippen LogP contribution in [-0.2, 0) is 14.8 Å². The number of anilines is 1. The van der Waals surface area contributed by atoms with Crippen molar-refractivity contribution in [1.29, 1.82) is 0 Å². The molecule has 0 unspecified atom stereocenters. The third kappa shape index (κ3) is 3.93. The fraction of sp³-hybridized carbons (Fsp3) is 0.0714. The number of esters is 1. The Morgan fingerprint density at radius 2 is 1.83 bits per heavy atom. The number of hydrogen-bond acceptors (Lipinski definition) is 4. The van der Waals surface area contributed by atoms with Crippen molar-refractivity contribution in [2.75, 3.05) is 11.8 Å². The number of ether oxygens (including phenoxy) is 1. The minimum absolute atomic E-state index is 0.0226. The summed E-state index contributed by atoms with van der Waals surface area (Å²) >= 11 is 11.5. The van der Waals surface area contributed by atoms with Gasteiger partial charge in [0.1, 0.15) is 10.7 Å². The Balaban J connectivity index is 2.42. The Labute approximate surface area is 142 Å². The normalized spacial score (nSPS) is 11.1. The van der Waals surface area contributed by atoms with Gasteiger partial charge in [-0.05, 0) is 36.4 Å². The summed E-state index contributed by atoms with van der Waals surface area (Å²) in [5.41, 5.74) is 0.0744. The molecule has 1 N–H and O–H groups in total. The molecule has 2 aromatic rings. The average molecular weight is 378 g/mol. The van der Waals surface area contributed by atoms with Crippen molar-refractivity contribution in [2.45, 2.75) is 4.90 Å². The highest BCUT2D eigenvalue weighted by Gasteiger charge is 2.21. The molecule has 0 heterocycles. The van der Waals surface area contributed by atoms with E-state index in [1.54, 1.807) is 0 Å². The summed E-state index contributed by atoms with van der Waals surface area (Å²) in [5, 5.41) is -0.321. The summed E-state index contributed by atoms with van der Waals surface area (Å²) in [6.07, 6.45) is 0. The Kier molecular flexibility index (Phi) is 5.13. The van der Waals surface area contributed by atoms with Gasteiger partial charge in [0, 0.05) is 0 Å². The monoisotopic (exact) mass is 377 g/mol. The van der Waals surface area contributed by atoms with Crippen molar-refractivity contribution in [1.82, 2.24) is 0 Å². The Morgan fingerprint density at radius 3 is 2.43 bits per heavy atom. The largest absolute Gasteiger partial charge is 0.465 e. The molecule has 0 aromatic heterocycles. The molecule has 5 nitrogen and oxygen atoms in total. The van der Waals surface area contributed by atoms with Gasteiger partial charge in [-0.2, -0.15) is 0 Å². The first-order valence-electron chi connectivity index (χ1n) is 6.10. The lowest BCUT2D eigenvalue weighted by molar-refractivity contribution is 0.0600. The van der Waals surface area contributed by atoms with Crippen LogP contribution in [-0.4, -0.2) is 21.5 Å². The van der Waals surface area contributed by atoms with Crippen LogP contribution in [0.4, 0.5) is 10.1 Å². The van der Waals surface area contributed by atoms with E-state index < -0.39 is 21.8 Å². The fourth-order valence-corrected chi connectivity index (χ4v) is 3.48. The van der Waals surface area contributed by atoms with Crippen LogP contribution in [0.25, 0.3) is 0 Å². The summed E-state index contributed by atoms with van der Waals surface area (Å²) in [5.74, 6) is -1.39. The number of halogens is 3. The minimum atomic E-state index is -4.11. The summed E-state index contributed by atoms with van der Waals surface area (Å²) < 4.78 is 44.7. The predicted molar refractivity (Wildman–Crippen MR) is 85.0 cm³/mol. The number of carbonyl (C=O) groups excluding carboxylic acids is 1. The SMILES string of the molecule is COC(=O)c1ccc(Cl)c(S(=O)(=O)Nc2ccc(F)c(Cl)c2)c1. The highest BCUT2D eigenvalue weighted by molar-refractivity contribution is 7.92. The van der Waals surface area contributed by atoms with E-state index in [0.717, 1.165) is 18.2 Å². The van der Waals surface area contributed by atoms with Crippen molar-refractivity contribution in [3.63, 3.8) is 0 Å². The summed E-state index contributed by atoms with van der Waals surface area (Å²) in [6, 6.07) is 7.03. The van der Waals surface area contributed by atoms with Gasteiger partial charge in [-0.25, -0.2) is 17.6 Å². The number of carbonyl (C=O) groups is 1. The smallest absolute Gasteiger partial charge is 0.337 e. The quantitative estimate of drug-likeness (QED) is 0.824. The van der Waals surface area contributed by atoms with Crippen molar-refractivity contribution in [3.05, 3.63) is 57.8 Å². The van der Waals surface area contributed by atoms with Gasteiger partial charge < -0.3 is 4.74 Å². The number of methoxy groups -OCH3 is 1. The van der Waals surface area contributed by atoms with Crippen molar-refractivity contribution >= 4 is 44.9 Å². The lowest BCUT2D eigenvalue weighted by atomic mass is 10.2. The summed E-state index contributed by atoms with van der Waals surface area (Å²) in [6.45, 7) is 0. The molecule has 9 heteroatoms. The molecule has 2 rings (SSSR count). The zero-order valence-electron chi connectivity index (χ0n) is 11.6. The van der Waals surface area contributed by atoms with Crippen molar-refractivity contribution in [3.8, 4) is 0 Å². The van der Waals surface area contributed by atoms with E-state index in [9.17, 15) is 17.6 Å². The van der Waals surface area contributed by atoms with Crippen molar-refractivity contribution in [2.24, 2.45) is 0 Å². The van der Waals surface area contributed by atoms with Crippen LogP contribution in [0.15, 0.2) is 41.3 Å². The fourth-order valence-electron chi connectivity index (χ4n) is 1.72. The van der Waals surface area contributed by atoms with Crippen LogP contribution in [0.1, 0.15) is 10.4 Å². The molecule has 0 radical (unpaired) electrons. The average Bonchev–Trinajstić information content (AvgIpc) is 2.50. The molecule has 0 spiro atoms. The first kappa shape index (κ1) is 17.5. The van der Waals surface area contributed by atoms with Gasteiger partial charge in [-0.1, -0.05) is 23.2 Å². The molecular formula is C14H10Cl2FNO4S. The van der Waals surface area contributed by atoms with Gasteiger partial charge >= 0.3 is 5.97 Å². The molecule has 0 fully saturated rings. The number of nitrogens with one attached hydrogen (secondary N) is 1. The Hall–Kier alpha value is -1.83. The second-order valence-corrected chi connectivity index (χ2v) is 6.84. The van der Waals surface area contributed by atoms with E-state index in [4.69, 9.17) is 23.2 Å². The minimum Gasteiger partial charge on any atom is -0.465 e. The van der Waals surface area contributed by atoms with Crippen LogP contribution in [0.2, 0.25) is 10.0 Å². The molecule has 0 saturated carbocycles. The number of sulfonamides is 1. The highest BCUT2D eigenvalue weighted by atomic mass is 35.5. The van der Waals surface area contributed by atoms with Gasteiger partial charge in [0.2, 0.25) is 0 Å². The molecule has 0 saturated heterocycles. The van der Waals surface area contributed by atoms with E-state index in [1.165, 1.54) is 25.3 Å². The van der Waals surface area contributed by atoms with Crippen LogP contribution in [0.5, 0.6) is 0 Å². The van der Waals surface area contributed by atoms with Crippen LogP contribution < -0.4 is 4.72 Å². The van der Waals surface area contributed by atoms with Gasteiger partial charge in [-0.3, -0.25) is 4.72 Å². The van der Waals surface area contributed by atoms with Crippen molar-refractivity contribution < 1.29 is 22.3 Å². The summed E-state index contributed by atoms with van der Waals surface area (Å²) in [4.78, 5) is 11.2. The molecule has 0 aliphatic carbocycles. The van der Waals surface area contributed by atoms with Gasteiger partial charge in [-0.15, -0.1) is 0 Å². The zero-order chi connectivity index (χ0) is 17.2. The van der Waals surface area contributed by atoms with Gasteiger partial charge in [0.25, 0.3) is 10.0 Å². The first-order chi connectivity index (χ1) is 10.7. The van der Waals surface area contributed by atoms with Crippen LogP contribution in [0, 0.1) is 5.82 Å². The molecule has 0 atom stereocenters. The third-order valence-corrected chi connectivity index (χ3v) is 4.97. The van der Waals surface area contributed by atoms with Crippen LogP contribution >= 0.6 is 23.2 Å². The molecule has 0 aliphatic rings. The molecule has 0 amide bonds. The number of benzene rings is 2. The molecule has 0 bridgehead atoms. The first-order valence-corrected chi connectivity index (χ1v) is 8.34. The van der Waals surface area contributed by atoms with Crippen LogP contribution in [0.3, 0.4) is 0 Å². The zero-order valence-corrected chi connectivity index (χ0v) is 14.0. The van der Waals surface area contributed by atoms with E-state index in [0.29, 0.717) is 0 Å². The maximum atomic E-state index is 13.1. The molecule has 2 aromatic carbocycles. The Bertz CT molecular complexity index is 871. The Morgan fingerprint density at radius 1 is 1.13 bits per heavy atom. The van der Waals surface area contributed by atoms with E-state index in [2.05, 4.69) is 9.46 Å². The summed E-state index contributed by atoms with van der Waals surface area (Å²) in [7, 11) is -2.94. The van der Waals surface area contributed by atoms with E-state index in [1.807, 2.05) is 0 Å². The molecule has 0 aliphatic heterocycles. The number of rotatable bonds is 4. The van der Waals surface area contributed by atoms with Gasteiger partial charge in [0.05, 0.1) is 28.4 Å². The predicted octanol–water partition coefficient (Wildman–Crippen LogP) is 3.72.